The second-order valence-electron chi connectivity index (χ2n) is 4.95. The number of rotatable bonds is 3. The van der Waals surface area contributed by atoms with E-state index in [4.69, 9.17) is 0 Å². The first-order valence-electron chi connectivity index (χ1n) is 6.75. The van der Waals surface area contributed by atoms with Gasteiger partial charge in [-0.3, -0.25) is 19.3 Å². The quantitative estimate of drug-likeness (QED) is 0.755. The van der Waals surface area contributed by atoms with E-state index in [1.165, 1.54) is 4.57 Å². The van der Waals surface area contributed by atoms with Gasteiger partial charge in [-0.15, -0.1) is 0 Å². The molecule has 0 bridgehead atoms. The lowest BCUT2D eigenvalue weighted by Gasteiger charge is -2.02. The predicted octanol–water partition coefficient (Wildman–Crippen LogP) is 1.19. The molecule has 0 fully saturated rings. The van der Waals surface area contributed by atoms with E-state index in [0.717, 1.165) is 17.5 Å². The first-order chi connectivity index (χ1) is 10.1. The molecule has 3 aromatic heterocycles. The summed E-state index contributed by atoms with van der Waals surface area (Å²) in [6.45, 7) is 4.39. The van der Waals surface area contributed by atoms with Crippen LogP contribution >= 0.6 is 0 Å². The third-order valence-electron chi connectivity index (χ3n) is 3.23. The van der Waals surface area contributed by atoms with Crippen LogP contribution in [0.5, 0.6) is 0 Å². The number of hydrogen-bond donors (Lipinski definition) is 2. The number of fused-ring (bicyclic) bond motifs is 1. The van der Waals surface area contributed by atoms with Crippen molar-refractivity contribution in [3.8, 4) is 11.4 Å². The van der Waals surface area contributed by atoms with Crippen LogP contribution in [0.4, 0.5) is 0 Å². The van der Waals surface area contributed by atoms with E-state index in [1.54, 1.807) is 12.4 Å². The van der Waals surface area contributed by atoms with Gasteiger partial charge in [0.1, 0.15) is 11.3 Å². The van der Waals surface area contributed by atoms with Crippen molar-refractivity contribution in [2.75, 3.05) is 0 Å². The molecular weight excluding hydrogens is 270 g/mol. The van der Waals surface area contributed by atoms with Gasteiger partial charge >= 0.3 is 5.69 Å². The van der Waals surface area contributed by atoms with Crippen molar-refractivity contribution in [1.82, 2.24) is 24.5 Å². The molecule has 108 valence electrons. The second kappa shape index (κ2) is 5.01. The first-order valence-corrected chi connectivity index (χ1v) is 6.75. The van der Waals surface area contributed by atoms with Gasteiger partial charge in [0.2, 0.25) is 0 Å². The number of hydrogen-bond acceptors (Lipinski definition) is 4. The van der Waals surface area contributed by atoms with Gasteiger partial charge in [-0.05, 0) is 25.0 Å². The van der Waals surface area contributed by atoms with Crippen LogP contribution in [0.15, 0.2) is 28.0 Å². The minimum Gasteiger partial charge on any atom is -0.332 e. The van der Waals surface area contributed by atoms with Crippen LogP contribution in [0.25, 0.3) is 22.6 Å². The van der Waals surface area contributed by atoms with Crippen molar-refractivity contribution < 1.29 is 0 Å². The topological polar surface area (TPSA) is 96.4 Å². The van der Waals surface area contributed by atoms with Crippen LogP contribution in [0.1, 0.15) is 18.9 Å². The zero-order valence-electron chi connectivity index (χ0n) is 11.8. The van der Waals surface area contributed by atoms with Crippen LogP contribution in [0.2, 0.25) is 0 Å². The average Bonchev–Trinajstić information content (AvgIpc) is 2.89. The Balaban J connectivity index is 2.29. The zero-order valence-corrected chi connectivity index (χ0v) is 11.8. The number of nitrogens with zero attached hydrogens (tertiary/aromatic N) is 3. The average molecular weight is 285 g/mol. The van der Waals surface area contributed by atoms with Gasteiger partial charge in [0, 0.05) is 24.5 Å². The van der Waals surface area contributed by atoms with E-state index in [-0.39, 0.29) is 0 Å². The van der Waals surface area contributed by atoms with Crippen molar-refractivity contribution in [2.24, 2.45) is 0 Å². The van der Waals surface area contributed by atoms with Crippen LogP contribution in [0.3, 0.4) is 0 Å². The molecule has 0 aromatic carbocycles. The molecule has 0 aliphatic rings. The number of H-pyrrole nitrogens is 2. The third-order valence-corrected chi connectivity index (χ3v) is 3.23. The molecule has 0 amide bonds. The Hall–Kier alpha value is -2.70. The number of aromatic amines is 2. The summed E-state index contributed by atoms with van der Waals surface area (Å²) in [6, 6.07) is 1.92. The molecule has 0 unspecified atom stereocenters. The molecule has 3 rings (SSSR count). The van der Waals surface area contributed by atoms with E-state index >= 15 is 0 Å². The third kappa shape index (κ3) is 2.26. The molecule has 3 aromatic rings. The summed E-state index contributed by atoms with van der Waals surface area (Å²) < 4.78 is 1.47. The van der Waals surface area contributed by atoms with Gasteiger partial charge in [-0.2, -0.15) is 0 Å². The maximum Gasteiger partial charge on any atom is 0.330 e. The molecule has 3 heterocycles. The van der Waals surface area contributed by atoms with Gasteiger partial charge < -0.3 is 4.98 Å². The van der Waals surface area contributed by atoms with E-state index in [0.29, 0.717) is 23.5 Å². The van der Waals surface area contributed by atoms with Crippen molar-refractivity contribution in [1.29, 1.82) is 0 Å². The first kappa shape index (κ1) is 13.3. The van der Waals surface area contributed by atoms with Crippen molar-refractivity contribution in [3.05, 3.63) is 44.9 Å². The highest BCUT2D eigenvalue weighted by atomic mass is 16.2. The fourth-order valence-electron chi connectivity index (χ4n) is 2.29. The number of aryl methyl sites for hydroxylation is 2. The molecule has 0 aliphatic heterocycles. The number of imidazole rings is 1. The highest BCUT2D eigenvalue weighted by molar-refractivity contribution is 5.75. The minimum absolute atomic E-state index is 0.305. The lowest BCUT2D eigenvalue weighted by Crippen LogP contribution is -2.30. The highest BCUT2D eigenvalue weighted by Crippen LogP contribution is 2.18. The number of nitrogens with one attached hydrogen (secondary N) is 2. The summed E-state index contributed by atoms with van der Waals surface area (Å²) in [5, 5.41) is 0. The molecule has 7 heteroatoms. The second-order valence-corrected chi connectivity index (χ2v) is 4.95. The van der Waals surface area contributed by atoms with E-state index < -0.39 is 11.2 Å². The number of aromatic nitrogens is 5. The van der Waals surface area contributed by atoms with Crippen LogP contribution in [0, 0.1) is 6.92 Å². The van der Waals surface area contributed by atoms with E-state index in [2.05, 4.69) is 19.9 Å². The molecule has 0 radical (unpaired) electrons. The van der Waals surface area contributed by atoms with E-state index in [9.17, 15) is 9.59 Å². The summed E-state index contributed by atoms with van der Waals surface area (Å²) in [5.74, 6) is 0.530. The number of pyridine rings is 1. The van der Waals surface area contributed by atoms with Gasteiger partial charge in [-0.25, -0.2) is 9.78 Å². The minimum atomic E-state index is -0.457. The van der Waals surface area contributed by atoms with Crippen LogP contribution < -0.4 is 11.2 Å². The summed E-state index contributed by atoms with van der Waals surface area (Å²) in [5.41, 5.74) is 1.56. The predicted molar refractivity (Wildman–Crippen MR) is 79.2 cm³/mol. The Morgan fingerprint density at radius 1 is 1.24 bits per heavy atom. The normalized spacial score (nSPS) is 11.1. The molecule has 0 saturated heterocycles. The molecule has 7 nitrogen and oxygen atoms in total. The lowest BCUT2D eigenvalue weighted by molar-refractivity contribution is 0.653. The van der Waals surface area contributed by atoms with Crippen molar-refractivity contribution in [2.45, 2.75) is 26.8 Å². The van der Waals surface area contributed by atoms with Gasteiger partial charge in [0.25, 0.3) is 5.56 Å². The monoisotopic (exact) mass is 285 g/mol. The SMILES string of the molecule is CCCn1c(=O)[nH]c(=O)c2[nH]c(-c3cncc(C)c3)nc21. The summed E-state index contributed by atoms with van der Waals surface area (Å²) in [4.78, 5) is 37.6. The molecular formula is C14H15N5O2. The Labute approximate surface area is 119 Å². The Morgan fingerprint density at radius 2 is 2.05 bits per heavy atom. The van der Waals surface area contributed by atoms with Crippen LogP contribution in [-0.4, -0.2) is 24.5 Å². The summed E-state index contributed by atoms with van der Waals surface area (Å²) in [6.07, 6.45) is 4.18. The standard InChI is InChI=1S/C14H15N5O2/c1-3-4-19-12-10(13(20)18-14(19)21)16-11(17-12)9-5-8(2)6-15-7-9/h5-7H,3-4H2,1-2H3,(H,16,17)(H,18,20,21). The Bertz CT molecular complexity index is 919. The fraction of sp³-hybridized carbons (Fsp3) is 0.286. The van der Waals surface area contributed by atoms with Gasteiger partial charge in [0.05, 0.1) is 0 Å². The largest absolute Gasteiger partial charge is 0.332 e. The fourth-order valence-corrected chi connectivity index (χ4v) is 2.29. The Morgan fingerprint density at radius 3 is 2.76 bits per heavy atom. The summed E-state index contributed by atoms with van der Waals surface area (Å²) >= 11 is 0. The van der Waals surface area contributed by atoms with Crippen molar-refractivity contribution in [3.63, 3.8) is 0 Å². The smallest absolute Gasteiger partial charge is 0.330 e. The molecule has 0 aliphatic carbocycles. The Kier molecular flexibility index (Phi) is 3.17. The van der Waals surface area contributed by atoms with E-state index in [1.807, 2.05) is 19.9 Å². The van der Waals surface area contributed by atoms with Gasteiger partial charge in [0.15, 0.2) is 5.65 Å². The lowest BCUT2D eigenvalue weighted by atomic mass is 10.2. The molecule has 21 heavy (non-hydrogen) atoms. The summed E-state index contributed by atoms with van der Waals surface area (Å²) in [7, 11) is 0. The molecule has 0 atom stereocenters. The van der Waals surface area contributed by atoms with Gasteiger partial charge in [-0.1, -0.05) is 6.92 Å². The molecule has 0 spiro atoms. The zero-order chi connectivity index (χ0) is 15.0. The maximum atomic E-state index is 11.9. The van der Waals surface area contributed by atoms with Crippen molar-refractivity contribution >= 4 is 11.2 Å². The highest BCUT2D eigenvalue weighted by Gasteiger charge is 2.13. The van der Waals surface area contributed by atoms with Crippen LogP contribution in [-0.2, 0) is 6.54 Å². The molecule has 0 saturated carbocycles. The molecule has 2 N–H and O–H groups in total. The maximum absolute atomic E-state index is 11.9.